The topological polar surface area (TPSA) is 52.9 Å². The zero-order valence-electron chi connectivity index (χ0n) is 12.0. The first kappa shape index (κ1) is 14.2. The second-order valence-electron chi connectivity index (χ2n) is 5.60. The van der Waals surface area contributed by atoms with Crippen LogP contribution < -0.4 is 0 Å². The number of phenols is 1. The lowest BCUT2D eigenvalue weighted by Crippen LogP contribution is -2.37. The van der Waals surface area contributed by atoms with Crippen molar-refractivity contribution in [3.05, 3.63) is 34.7 Å². The Labute approximate surface area is 128 Å². The number of aromatic hydroxyl groups is 1. The number of rotatable bonds is 1. The fraction of sp³-hybridized carbons (Fsp3) is 0.375. The Morgan fingerprint density at radius 3 is 3.10 bits per heavy atom. The van der Waals surface area contributed by atoms with Crippen molar-refractivity contribution in [3.63, 3.8) is 0 Å². The summed E-state index contributed by atoms with van der Waals surface area (Å²) in [6.07, 6.45) is 4.19. The highest BCUT2D eigenvalue weighted by molar-refractivity contribution is 8.18. The molecule has 1 amide bonds. The second kappa shape index (κ2) is 5.93. The zero-order chi connectivity index (χ0) is 14.8. The van der Waals surface area contributed by atoms with E-state index >= 15 is 0 Å². The molecule has 1 atom stereocenters. The van der Waals surface area contributed by atoms with Crippen molar-refractivity contribution >= 4 is 28.9 Å². The Balaban J connectivity index is 1.75. The summed E-state index contributed by atoms with van der Waals surface area (Å²) in [4.78, 5) is 19.0. The molecule has 0 radical (unpaired) electrons. The number of amidine groups is 1. The summed E-state index contributed by atoms with van der Waals surface area (Å²) in [7, 11) is 0. The van der Waals surface area contributed by atoms with Gasteiger partial charge in [-0.3, -0.25) is 4.79 Å². The predicted molar refractivity (Wildman–Crippen MR) is 86.1 cm³/mol. The van der Waals surface area contributed by atoms with Gasteiger partial charge < -0.3 is 10.0 Å². The molecule has 21 heavy (non-hydrogen) atoms. The fourth-order valence-electron chi connectivity index (χ4n) is 2.66. The van der Waals surface area contributed by atoms with E-state index in [-0.39, 0.29) is 11.7 Å². The van der Waals surface area contributed by atoms with E-state index < -0.39 is 0 Å². The Kier molecular flexibility index (Phi) is 4.01. The minimum atomic E-state index is -0.184. The standard InChI is InChI=1S/C16H18N2O2S/c1-11-4-3-7-18(10-11)16-17-15(20)14(21-16)9-12-5-2-6-13(19)8-12/h2,5-6,8-9,11,19H,3-4,7,10H2,1H3/b14-9+/t11-/m0/s1. The summed E-state index contributed by atoms with van der Waals surface area (Å²) in [5, 5.41) is 10.3. The van der Waals surface area contributed by atoms with Gasteiger partial charge in [0.2, 0.25) is 0 Å². The van der Waals surface area contributed by atoms with Crippen LogP contribution in [0, 0.1) is 5.92 Å². The number of hydrogen-bond acceptors (Lipinski definition) is 4. The van der Waals surface area contributed by atoms with E-state index in [0.717, 1.165) is 30.2 Å². The van der Waals surface area contributed by atoms with Crippen LogP contribution in [-0.2, 0) is 4.79 Å². The highest BCUT2D eigenvalue weighted by atomic mass is 32.2. The monoisotopic (exact) mass is 302 g/mol. The molecule has 1 aromatic carbocycles. The average Bonchev–Trinajstić information content (AvgIpc) is 2.80. The number of amides is 1. The maximum Gasteiger partial charge on any atom is 0.286 e. The summed E-state index contributed by atoms with van der Waals surface area (Å²) in [6, 6.07) is 6.88. The predicted octanol–water partition coefficient (Wildman–Crippen LogP) is 3.09. The molecule has 0 saturated carbocycles. The number of thioether (sulfide) groups is 1. The second-order valence-corrected chi connectivity index (χ2v) is 6.61. The Hall–Kier alpha value is -1.75. The molecule has 110 valence electrons. The van der Waals surface area contributed by atoms with Gasteiger partial charge in [0.15, 0.2) is 5.17 Å². The van der Waals surface area contributed by atoms with Gasteiger partial charge in [0, 0.05) is 13.1 Å². The number of piperidine rings is 1. The van der Waals surface area contributed by atoms with Crippen molar-refractivity contribution in [2.45, 2.75) is 19.8 Å². The molecule has 0 unspecified atom stereocenters. The summed E-state index contributed by atoms with van der Waals surface area (Å²) in [5.41, 5.74) is 0.814. The Morgan fingerprint density at radius 1 is 1.48 bits per heavy atom. The number of phenolic OH excluding ortho intramolecular Hbond substituents is 1. The minimum Gasteiger partial charge on any atom is -0.508 e. The van der Waals surface area contributed by atoms with Gasteiger partial charge in [0.05, 0.1) is 4.91 Å². The summed E-state index contributed by atoms with van der Waals surface area (Å²) in [6.45, 7) is 4.18. The smallest absolute Gasteiger partial charge is 0.286 e. The lowest BCUT2D eigenvalue weighted by molar-refractivity contribution is -0.113. The van der Waals surface area contributed by atoms with Gasteiger partial charge in [-0.2, -0.15) is 4.99 Å². The summed E-state index contributed by atoms with van der Waals surface area (Å²) < 4.78 is 0. The molecule has 0 aliphatic carbocycles. The Bertz CT molecular complexity index is 624. The molecule has 2 heterocycles. The van der Waals surface area contributed by atoms with E-state index in [1.54, 1.807) is 24.3 Å². The first-order valence-corrected chi connectivity index (χ1v) is 8.00. The normalized spacial score (nSPS) is 24.5. The van der Waals surface area contributed by atoms with E-state index in [0.29, 0.717) is 10.8 Å². The van der Waals surface area contributed by atoms with Gasteiger partial charge in [-0.1, -0.05) is 19.1 Å². The van der Waals surface area contributed by atoms with E-state index in [4.69, 9.17) is 0 Å². The molecule has 2 aliphatic heterocycles. The van der Waals surface area contributed by atoms with Crippen molar-refractivity contribution < 1.29 is 9.90 Å². The van der Waals surface area contributed by atoms with Crippen LogP contribution in [0.2, 0.25) is 0 Å². The first-order chi connectivity index (χ1) is 10.1. The number of benzene rings is 1. The third kappa shape index (κ3) is 3.29. The van der Waals surface area contributed by atoms with Crippen LogP contribution in [0.3, 0.4) is 0 Å². The first-order valence-electron chi connectivity index (χ1n) is 7.18. The summed E-state index contributed by atoms with van der Waals surface area (Å²) >= 11 is 1.43. The third-order valence-corrected chi connectivity index (χ3v) is 4.75. The molecule has 1 aromatic rings. The van der Waals surface area contributed by atoms with Gasteiger partial charge in [-0.05, 0) is 54.3 Å². The molecule has 5 heteroatoms. The van der Waals surface area contributed by atoms with Crippen LogP contribution in [-0.4, -0.2) is 34.2 Å². The third-order valence-electron chi connectivity index (χ3n) is 3.70. The van der Waals surface area contributed by atoms with Crippen molar-refractivity contribution in [3.8, 4) is 5.75 Å². The van der Waals surface area contributed by atoms with Crippen LogP contribution in [0.25, 0.3) is 6.08 Å². The maximum atomic E-state index is 12.0. The van der Waals surface area contributed by atoms with Crippen molar-refractivity contribution in [1.29, 1.82) is 0 Å². The highest BCUT2D eigenvalue weighted by Crippen LogP contribution is 2.32. The van der Waals surface area contributed by atoms with Gasteiger partial charge in [0.1, 0.15) is 5.75 Å². The minimum absolute atomic E-state index is 0.184. The van der Waals surface area contributed by atoms with Crippen LogP contribution in [0.4, 0.5) is 0 Å². The van der Waals surface area contributed by atoms with Crippen LogP contribution in [0.5, 0.6) is 5.75 Å². The molecule has 0 spiro atoms. The van der Waals surface area contributed by atoms with E-state index in [9.17, 15) is 9.90 Å². The van der Waals surface area contributed by atoms with Crippen molar-refractivity contribution in [2.24, 2.45) is 10.9 Å². The largest absolute Gasteiger partial charge is 0.508 e. The maximum absolute atomic E-state index is 12.0. The van der Waals surface area contributed by atoms with Gasteiger partial charge in [-0.25, -0.2) is 0 Å². The molecule has 1 fully saturated rings. The lowest BCUT2D eigenvalue weighted by Gasteiger charge is -2.31. The van der Waals surface area contributed by atoms with E-state index in [1.165, 1.54) is 18.2 Å². The van der Waals surface area contributed by atoms with Crippen molar-refractivity contribution in [1.82, 2.24) is 4.90 Å². The highest BCUT2D eigenvalue weighted by Gasteiger charge is 2.28. The number of hydrogen-bond donors (Lipinski definition) is 1. The van der Waals surface area contributed by atoms with Crippen LogP contribution in [0.15, 0.2) is 34.2 Å². The van der Waals surface area contributed by atoms with E-state index in [2.05, 4.69) is 16.8 Å². The molecule has 4 nitrogen and oxygen atoms in total. The Morgan fingerprint density at radius 2 is 2.33 bits per heavy atom. The van der Waals surface area contributed by atoms with Gasteiger partial charge >= 0.3 is 0 Å². The number of aliphatic imine (C=N–C) groups is 1. The molecule has 0 aromatic heterocycles. The number of nitrogens with zero attached hydrogens (tertiary/aromatic N) is 2. The molecule has 0 bridgehead atoms. The molecule has 1 N–H and O–H groups in total. The summed E-state index contributed by atoms with van der Waals surface area (Å²) in [5.74, 6) is 0.665. The zero-order valence-corrected chi connectivity index (χ0v) is 12.8. The fourth-order valence-corrected chi connectivity index (χ4v) is 3.61. The van der Waals surface area contributed by atoms with Gasteiger partial charge in [-0.15, -0.1) is 0 Å². The quantitative estimate of drug-likeness (QED) is 0.810. The number of carbonyl (C=O) groups excluding carboxylic acids is 1. The van der Waals surface area contributed by atoms with Gasteiger partial charge in [0.25, 0.3) is 5.91 Å². The molecular formula is C16H18N2O2S. The number of carbonyl (C=O) groups is 1. The molecule has 3 rings (SSSR count). The molecule has 1 saturated heterocycles. The molecule has 2 aliphatic rings. The number of likely N-dealkylation sites (tertiary alicyclic amines) is 1. The average molecular weight is 302 g/mol. The molecular weight excluding hydrogens is 284 g/mol. The van der Waals surface area contributed by atoms with Crippen LogP contribution >= 0.6 is 11.8 Å². The van der Waals surface area contributed by atoms with Crippen molar-refractivity contribution in [2.75, 3.05) is 13.1 Å². The van der Waals surface area contributed by atoms with E-state index in [1.807, 2.05) is 6.07 Å². The SMILES string of the molecule is C[C@H]1CCCN(C2=NC(=O)/C(=C\c3cccc(O)c3)S2)C1. The van der Waals surface area contributed by atoms with Crippen LogP contribution in [0.1, 0.15) is 25.3 Å². The lowest BCUT2D eigenvalue weighted by atomic mass is 10.0.